The van der Waals surface area contributed by atoms with E-state index in [9.17, 15) is 13.2 Å². The molecule has 0 saturated carbocycles. The van der Waals surface area contributed by atoms with Crippen molar-refractivity contribution >= 4 is 11.9 Å². The molecule has 0 fully saturated rings. The number of halogens is 3. The Labute approximate surface area is 126 Å². The van der Waals surface area contributed by atoms with E-state index in [1.807, 2.05) is 31.2 Å². The number of hydrogen-bond donors (Lipinski definition) is 0. The van der Waals surface area contributed by atoms with Gasteiger partial charge in [0.1, 0.15) is 11.5 Å². The summed E-state index contributed by atoms with van der Waals surface area (Å²) in [6, 6.07) is 12.7. The van der Waals surface area contributed by atoms with Gasteiger partial charge < -0.3 is 9.47 Å². The lowest BCUT2D eigenvalue weighted by Gasteiger charge is -2.08. The van der Waals surface area contributed by atoms with E-state index in [1.165, 1.54) is 24.3 Å². The average molecular weight is 309 g/mol. The van der Waals surface area contributed by atoms with Gasteiger partial charge in [0.15, 0.2) is 0 Å². The van der Waals surface area contributed by atoms with Crippen molar-refractivity contribution in [2.45, 2.75) is 13.3 Å². The monoisotopic (exact) mass is 309 g/mol. The molecule has 0 aromatic heterocycles. The fourth-order valence-electron chi connectivity index (χ4n) is 1.70. The summed E-state index contributed by atoms with van der Waals surface area (Å²) in [5.41, 5.74) is 1.39. The standard InChI is InChI=1S/C16H14F3NO2/c1-2-21-14-7-3-12(4-8-14)11-20-13-5-9-15(10-6-13)22-16(17,18)19/h3-11H,2H2,1H3. The second-order valence-corrected chi connectivity index (χ2v) is 4.30. The summed E-state index contributed by atoms with van der Waals surface area (Å²) in [7, 11) is 0. The molecule has 0 heterocycles. The summed E-state index contributed by atoms with van der Waals surface area (Å²) in [4.78, 5) is 4.19. The van der Waals surface area contributed by atoms with Crippen molar-refractivity contribution in [2.24, 2.45) is 4.99 Å². The first-order valence-electron chi connectivity index (χ1n) is 6.59. The van der Waals surface area contributed by atoms with Gasteiger partial charge in [0.25, 0.3) is 0 Å². The smallest absolute Gasteiger partial charge is 0.494 e. The minimum atomic E-state index is -4.69. The molecule has 2 rings (SSSR count). The van der Waals surface area contributed by atoms with Crippen molar-refractivity contribution in [3.8, 4) is 11.5 Å². The molecular weight excluding hydrogens is 295 g/mol. The minimum Gasteiger partial charge on any atom is -0.494 e. The fourth-order valence-corrected chi connectivity index (χ4v) is 1.70. The summed E-state index contributed by atoms with van der Waals surface area (Å²) >= 11 is 0. The maximum Gasteiger partial charge on any atom is 0.573 e. The third-order valence-electron chi connectivity index (χ3n) is 2.62. The molecule has 116 valence electrons. The predicted molar refractivity (Wildman–Crippen MR) is 78.0 cm³/mol. The van der Waals surface area contributed by atoms with Crippen LogP contribution in [0.1, 0.15) is 12.5 Å². The van der Waals surface area contributed by atoms with Crippen LogP contribution >= 0.6 is 0 Å². The van der Waals surface area contributed by atoms with Gasteiger partial charge in [-0.1, -0.05) is 0 Å². The third kappa shape index (κ3) is 5.12. The van der Waals surface area contributed by atoms with Gasteiger partial charge in [0.05, 0.1) is 12.3 Å². The molecule has 2 aromatic carbocycles. The molecule has 0 aliphatic rings. The maximum absolute atomic E-state index is 12.0. The molecule has 0 spiro atoms. The highest BCUT2D eigenvalue weighted by Gasteiger charge is 2.30. The Morgan fingerprint density at radius 1 is 0.955 bits per heavy atom. The van der Waals surface area contributed by atoms with Crippen LogP contribution in [0.5, 0.6) is 11.5 Å². The summed E-state index contributed by atoms with van der Waals surface area (Å²) < 4.78 is 45.2. The van der Waals surface area contributed by atoms with Crippen LogP contribution in [0.15, 0.2) is 53.5 Å². The van der Waals surface area contributed by atoms with Crippen LogP contribution in [0.2, 0.25) is 0 Å². The predicted octanol–water partition coefficient (Wildman–Crippen LogP) is 4.73. The lowest BCUT2D eigenvalue weighted by molar-refractivity contribution is -0.274. The van der Waals surface area contributed by atoms with Crippen LogP contribution < -0.4 is 9.47 Å². The molecule has 0 bridgehead atoms. The highest BCUT2D eigenvalue weighted by Crippen LogP contribution is 2.24. The Morgan fingerprint density at radius 2 is 1.55 bits per heavy atom. The summed E-state index contributed by atoms with van der Waals surface area (Å²) in [5, 5.41) is 0. The summed E-state index contributed by atoms with van der Waals surface area (Å²) in [6.45, 7) is 2.50. The number of ether oxygens (including phenoxy) is 2. The lowest BCUT2D eigenvalue weighted by atomic mass is 10.2. The second-order valence-electron chi connectivity index (χ2n) is 4.30. The van der Waals surface area contributed by atoms with Crippen LogP contribution in [0.25, 0.3) is 0 Å². The zero-order valence-corrected chi connectivity index (χ0v) is 11.8. The third-order valence-corrected chi connectivity index (χ3v) is 2.62. The lowest BCUT2D eigenvalue weighted by Crippen LogP contribution is -2.16. The summed E-state index contributed by atoms with van der Waals surface area (Å²) in [5.74, 6) is 0.501. The average Bonchev–Trinajstić information content (AvgIpc) is 2.47. The Kier molecular flexibility index (Phi) is 5.04. The van der Waals surface area contributed by atoms with Crippen molar-refractivity contribution in [1.82, 2.24) is 0 Å². The maximum atomic E-state index is 12.0. The van der Waals surface area contributed by atoms with Crippen LogP contribution in [0, 0.1) is 0 Å². The number of alkyl halides is 3. The number of benzene rings is 2. The quantitative estimate of drug-likeness (QED) is 0.747. The largest absolute Gasteiger partial charge is 0.573 e. The van der Waals surface area contributed by atoms with Crippen molar-refractivity contribution in [2.75, 3.05) is 6.61 Å². The van der Waals surface area contributed by atoms with Gasteiger partial charge in [-0.3, -0.25) is 4.99 Å². The zero-order valence-electron chi connectivity index (χ0n) is 11.8. The Morgan fingerprint density at radius 3 is 2.09 bits per heavy atom. The molecule has 0 saturated heterocycles. The van der Waals surface area contributed by atoms with Crippen molar-refractivity contribution in [1.29, 1.82) is 0 Å². The minimum absolute atomic E-state index is 0.271. The van der Waals surface area contributed by atoms with Crippen LogP contribution in [-0.2, 0) is 0 Å². The van der Waals surface area contributed by atoms with E-state index < -0.39 is 6.36 Å². The molecule has 22 heavy (non-hydrogen) atoms. The van der Waals surface area contributed by atoms with Gasteiger partial charge in [-0.2, -0.15) is 0 Å². The first-order chi connectivity index (χ1) is 10.5. The number of aliphatic imine (C=N–C) groups is 1. The molecule has 3 nitrogen and oxygen atoms in total. The Balaban J connectivity index is 2.00. The van der Waals surface area contributed by atoms with Gasteiger partial charge >= 0.3 is 6.36 Å². The molecule has 0 aliphatic carbocycles. The van der Waals surface area contributed by atoms with Gasteiger partial charge in [-0.15, -0.1) is 13.2 Å². The van der Waals surface area contributed by atoms with E-state index >= 15 is 0 Å². The molecular formula is C16H14F3NO2. The van der Waals surface area contributed by atoms with Crippen molar-refractivity contribution in [3.05, 3.63) is 54.1 Å². The van der Waals surface area contributed by atoms with E-state index in [1.54, 1.807) is 6.21 Å². The topological polar surface area (TPSA) is 30.8 Å². The van der Waals surface area contributed by atoms with Crippen LogP contribution in [0.3, 0.4) is 0 Å². The number of rotatable bonds is 5. The molecule has 0 radical (unpaired) electrons. The second kappa shape index (κ2) is 6.98. The Bertz CT molecular complexity index is 619. The number of hydrogen-bond acceptors (Lipinski definition) is 3. The van der Waals surface area contributed by atoms with Gasteiger partial charge in [0, 0.05) is 6.21 Å². The van der Waals surface area contributed by atoms with Crippen LogP contribution in [-0.4, -0.2) is 19.2 Å². The highest BCUT2D eigenvalue weighted by atomic mass is 19.4. The molecule has 0 amide bonds. The van der Waals surface area contributed by atoms with E-state index in [0.717, 1.165) is 11.3 Å². The Hall–Kier alpha value is -2.50. The SMILES string of the molecule is CCOc1ccc(C=Nc2ccc(OC(F)(F)F)cc2)cc1. The van der Waals surface area contributed by atoms with Crippen LogP contribution in [0.4, 0.5) is 18.9 Å². The molecule has 0 atom stereocenters. The van der Waals surface area contributed by atoms with Crippen molar-refractivity contribution in [3.63, 3.8) is 0 Å². The molecule has 6 heteroatoms. The summed E-state index contributed by atoms with van der Waals surface area (Å²) in [6.07, 6.45) is -3.07. The van der Waals surface area contributed by atoms with Gasteiger partial charge in [0.2, 0.25) is 0 Å². The van der Waals surface area contributed by atoms with E-state index in [2.05, 4.69) is 9.73 Å². The molecule has 2 aromatic rings. The normalized spacial score (nSPS) is 11.6. The highest BCUT2D eigenvalue weighted by molar-refractivity contribution is 5.82. The first-order valence-corrected chi connectivity index (χ1v) is 6.59. The van der Waals surface area contributed by atoms with E-state index in [0.29, 0.717) is 12.3 Å². The first kappa shape index (κ1) is 15.9. The molecule has 0 aliphatic heterocycles. The fraction of sp³-hybridized carbons (Fsp3) is 0.188. The van der Waals surface area contributed by atoms with Gasteiger partial charge in [-0.05, 0) is 61.0 Å². The zero-order chi connectivity index (χ0) is 16.0. The van der Waals surface area contributed by atoms with E-state index in [-0.39, 0.29) is 5.75 Å². The molecule has 0 unspecified atom stereocenters. The molecule has 0 N–H and O–H groups in total. The van der Waals surface area contributed by atoms with Gasteiger partial charge in [-0.25, -0.2) is 0 Å². The van der Waals surface area contributed by atoms with Crippen molar-refractivity contribution < 1.29 is 22.6 Å². The van der Waals surface area contributed by atoms with E-state index in [4.69, 9.17) is 4.74 Å². The number of nitrogens with zero attached hydrogens (tertiary/aromatic N) is 1.